The van der Waals surface area contributed by atoms with E-state index in [4.69, 9.17) is 0 Å². The fraction of sp³-hybridized carbons (Fsp3) is 0.600. The Morgan fingerprint density at radius 1 is 0.970 bits per heavy atom. The van der Waals surface area contributed by atoms with Gasteiger partial charge < -0.3 is 14.8 Å². The van der Waals surface area contributed by atoms with Gasteiger partial charge in [-0.15, -0.1) is 10.2 Å². The van der Waals surface area contributed by atoms with E-state index in [9.17, 15) is 9.59 Å². The van der Waals surface area contributed by atoms with Gasteiger partial charge in [0.2, 0.25) is 5.82 Å². The molecule has 2 amide bonds. The molecule has 8 heteroatoms. The second-order valence-corrected chi connectivity index (χ2v) is 9.93. The van der Waals surface area contributed by atoms with Crippen molar-refractivity contribution in [2.75, 3.05) is 32.7 Å². The van der Waals surface area contributed by atoms with E-state index in [2.05, 4.69) is 26.5 Å². The highest BCUT2D eigenvalue weighted by atomic mass is 16.2. The van der Waals surface area contributed by atoms with Crippen LogP contribution in [-0.4, -0.2) is 69.1 Å². The number of fused-ring (bicyclic) bond motifs is 3. The summed E-state index contributed by atoms with van der Waals surface area (Å²) in [6.45, 7) is 8.36. The molecule has 176 valence electrons. The van der Waals surface area contributed by atoms with E-state index in [0.29, 0.717) is 31.4 Å². The van der Waals surface area contributed by atoms with Gasteiger partial charge in [0.15, 0.2) is 5.82 Å². The van der Waals surface area contributed by atoms with Crippen LogP contribution in [0.4, 0.5) is 0 Å². The van der Waals surface area contributed by atoms with Crippen LogP contribution < -0.4 is 5.32 Å². The predicted molar refractivity (Wildman–Crippen MR) is 125 cm³/mol. The molecular formula is C25H34N6O2. The zero-order valence-electron chi connectivity index (χ0n) is 19.7. The average molecular weight is 451 g/mol. The largest absolute Gasteiger partial charge is 0.349 e. The molecule has 1 saturated heterocycles. The number of rotatable bonds is 4. The lowest BCUT2D eigenvalue weighted by molar-refractivity contribution is 0.0372. The van der Waals surface area contributed by atoms with Gasteiger partial charge in [-0.2, -0.15) is 0 Å². The number of benzene rings is 1. The molecule has 1 aromatic heterocycles. The number of nitrogens with one attached hydrogen (secondary N) is 1. The quantitative estimate of drug-likeness (QED) is 0.774. The normalized spacial score (nSPS) is 21.4. The van der Waals surface area contributed by atoms with Crippen LogP contribution in [0.25, 0.3) is 0 Å². The summed E-state index contributed by atoms with van der Waals surface area (Å²) in [6.07, 6.45) is 6.22. The van der Waals surface area contributed by atoms with Gasteiger partial charge in [-0.3, -0.25) is 14.5 Å². The summed E-state index contributed by atoms with van der Waals surface area (Å²) in [4.78, 5) is 30.4. The molecule has 2 aliphatic heterocycles. The van der Waals surface area contributed by atoms with E-state index in [1.807, 2.05) is 35.4 Å². The number of nitrogens with zero attached hydrogens (tertiary/aromatic N) is 5. The van der Waals surface area contributed by atoms with E-state index in [1.54, 1.807) is 0 Å². The van der Waals surface area contributed by atoms with Crippen molar-refractivity contribution in [3.05, 3.63) is 46.5 Å². The summed E-state index contributed by atoms with van der Waals surface area (Å²) in [5.41, 5.74) is 2.93. The van der Waals surface area contributed by atoms with Crippen LogP contribution >= 0.6 is 0 Å². The predicted octanol–water partition coefficient (Wildman–Crippen LogP) is 2.72. The van der Waals surface area contributed by atoms with Crippen molar-refractivity contribution in [1.82, 2.24) is 29.9 Å². The number of piperazine rings is 1. The first-order valence-electron chi connectivity index (χ1n) is 12.3. The number of amides is 2. The van der Waals surface area contributed by atoms with E-state index >= 15 is 0 Å². The summed E-state index contributed by atoms with van der Waals surface area (Å²) in [5.74, 6) is 1.70. The Balaban J connectivity index is 1.29. The third-order valence-electron chi connectivity index (χ3n) is 7.41. The van der Waals surface area contributed by atoms with E-state index < -0.39 is 0 Å². The molecule has 1 N–H and O–H groups in total. The SMILES string of the molecule is Cc1cc(C)cc(C(=O)N2CCN3CCn4c(C(=O)NCC5CCCCC5)nnc4C3C2)c1. The van der Waals surface area contributed by atoms with Crippen LogP contribution in [0.1, 0.15) is 76.1 Å². The topological polar surface area (TPSA) is 83.4 Å². The van der Waals surface area contributed by atoms with E-state index in [-0.39, 0.29) is 17.9 Å². The molecule has 1 aliphatic carbocycles. The fourth-order valence-corrected chi connectivity index (χ4v) is 5.68. The molecule has 33 heavy (non-hydrogen) atoms. The third kappa shape index (κ3) is 4.53. The molecule has 0 radical (unpaired) electrons. The van der Waals surface area contributed by atoms with E-state index in [1.165, 1.54) is 32.1 Å². The summed E-state index contributed by atoms with van der Waals surface area (Å²) in [7, 11) is 0. The van der Waals surface area contributed by atoms with Crippen molar-refractivity contribution < 1.29 is 9.59 Å². The van der Waals surface area contributed by atoms with Gasteiger partial charge in [-0.05, 0) is 44.7 Å². The van der Waals surface area contributed by atoms with Crippen molar-refractivity contribution in [3.8, 4) is 0 Å². The number of carbonyl (C=O) groups is 2. The molecule has 0 spiro atoms. The molecule has 1 unspecified atom stereocenters. The summed E-state index contributed by atoms with van der Waals surface area (Å²) in [5, 5.41) is 11.8. The Morgan fingerprint density at radius 2 is 1.70 bits per heavy atom. The van der Waals surface area contributed by atoms with E-state index in [0.717, 1.165) is 42.1 Å². The summed E-state index contributed by atoms with van der Waals surface area (Å²) >= 11 is 0. The van der Waals surface area contributed by atoms with Crippen molar-refractivity contribution in [3.63, 3.8) is 0 Å². The van der Waals surface area contributed by atoms with Gasteiger partial charge in [-0.25, -0.2) is 0 Å². The highest BCUT2D eigenvalue weighted by Gasteiger charge is 2.38. The molecule has 1 atom stereocenters. The third-order valence-corrected chi connectivity index (χ3v) is 7.41. The zero-order valence-corrected chi connectivity index (χ0v) is 19.7. The fourth-order valence-electron chi connectivity index (χ4n) is 5.68. The number of hydrogen-bond donors (Lipinski definition) is 1. The molecule has 5 rings (SSSR count). The molecule has 0 bridgehead atoms. The number of carbonyl (C=O) groups excluding carboxylic acids is 2. The number of hydrogen-bond acceptors (Lipinski definition) is 5. The van der Waals surface area contributed by atoms with Crippen molar-refractivity contribution in [1.29, 1.82) is 0 Å². The van der Waals surface area contributed by atoms with Gasteiger partial charge >= 0.3 is 0 Å². The summed E-state index contributed by atoms with van der Waals surface area (Å²) < 4.78 is 1.96. The molecule has 3 aliphatic rings. The Morgan fingerprint density at radius 3 is 2.45 bits per heavy atom. The molecule has 1 saturated carbocycles. The van der Waals surface area contributed by atoms with Crippen molar-refractivity contribution in [2.45, 2.75) is 58.5 Å². The Hall–Kier alpha value is -2.74. The molecule has 2 aromatic rings. The maximum atomic E-state index is 13.2. The van der Waals surface area contributed by atoms with Crippen LogP contribution in [0.5, 0.6) is 0 Å². The average Bonchev–Trinajstić information content (AvgIpc) is 3.26. The van der Waals surface area contributed by atoms with Gasteiger partial charge in [0, 0.05) is 44.8 Å². The maximum absolute atomic E-state index is 13.2. The lowest BCUT2D eigenvalue weighted by atomic mass is 9.89. The minimum Gasteiger partial charge on any atom is -0.349 e. The summed E-state index contributed by atoms with van der Waals surface area (Å²) in [6, 6.07) is 5.97. The Kier molecular flexibility index (Phi) is 6.19. The monoisotopic (exact) mass is 450 g/mol. The van der Waals surface area contributed by atoms with Crippen LogP contribution in [-0.2, 0) is 6.54 Å². The highest BCUT2D eigenvalue weighted by molar-refractivity contribution is 5.94. The molecular weight excluding hydrogens is 416 g/mol. The maximum Gasteiger partial charge on any atom is 0.289 e. The minimum atomic E-state index is -0.133. The van der Waals surface area contributed by atoms with Gasteiger partial charge in [0.05, 0.1) is 6.04 Å². The second-order valence-electron chi connectivity index (χ2n) is 9.93. The smallest absolute Gasteiger partial charge is 0.289 e. The van der Waals surface area contributed by atoms with Gasteiger partial charge in [0.25, 0.3) is 11.8 Å². The highest BCUT2D eigenvalue weighted by Crippen LogP contribution is 2.29. The zero-order chi connectivity index (χ0) is 22.9. The van der Waals surface area contributed by atoms with Crippen LogP contribution in [0.2, 0.25) is 0 Å². The van der Waals surface area contributed by atoms with Crippen molar-refractivity contribution >= 4 is 11.8 Å². The molecule has 2 fully saturated rings. The first-order chi connectivity index (χ1) is 16.0. The first-order valence-corrected chi connectivity index (χ1v) is 12.3. The van der Waals surface area contributed by atoms with Crippen molar-refractivity contribution in [2.24, 2.45) is 5.92 Å². The molecule has 3 heterocycles. The molecule has 1 aromatic carbocycles. The van der Waals surface area contributed by atoms with Crippen LogP contribution in [0, 0.1) is 19.8 Å². The Labute approximate surface area is 195 Å². The van der Waals surface area contributed by atoms with Crippen LogP contribution in [0.15, 0.2) is 18.2 Å². The Bertz CT molecular complexity index is 1020. The molecule has 8 nitrogen and oxygen atoms in total. The number of aryl methyl sites for hydroxylation is 2. The second kappa shape index (κ2) is 9.25. The van der Waals surface area contributed by atoms with Crippen LogP contribution in [0.3, 0.4) is 0 Å². The lowest BCUT2D eigenvalue weighted by Gasteiger charge is -2.43. The van der Waals surface area contributed by atoms with Gasteiger partial charge in [-0.1, -0.05) is 36.5 Å². The lowest BCUT2D eigenvalue weighted by Crippen LogP contribution is -2.53. The van der Waals surface area contributed by atoms with Gasteiger partial charge in [0.1, 0.15) is 0 Å². The first kappa shape index (κ1) is 22.1. The number of aromatic nitrogens is 3. The standard InChI is InChI=1S/C25H34N6O2/c1-17-12-18(2)14-20(13-17)25(33)30-9-8-29-10-11-31-22(21(29)16-30)27-28-23(31)24(32)26-15-19-6-4-3-5-7-19/h12-14,19,21H,3-11,15-16H2,1-2H3,(H,26,32). The minimum absolute atomic E-state index is 0.0326.